The maximum Gasteiger partial charge on any atom is 0.258 e. The van der Waals surface area contributed by atoms with Gasteiger partial charge in [0.2, 0.25) is 0 Å². The van der Waals surface area contributed by atoms with E-state index in [1.54, 1.807) is 17.0 Å². The van der Waals surface area contributed by atoms with Gasteiger partial charge >= 0.3 is 0 Å². The predicted octanol–water partition coefficient (Wildman–Crippen LogP) is 2.96. The number of rotatable bonds is 1. The molecule has 1 atom stereocenters. The molecule has 3 rings (SSSR count). The van der Waals surface area contributed by atoms with Gasteiger partial charge < -0.3 is 10.2 Å². The van der Waals surface area contributed by atoms with E-state index in [-0.39, 0.29) is 11.9 Å². The van der Waals surface area contributed by atoms with Crippen LogP contribution in [0.2, 0.25) is 0 Å². The molecule has 4 heteroatoms. The zero-order valence-electron chi connectivity index (χ0n) is 11.8. The first-order chi connectivity index (χ1) is 10.1. The quantitative estimate of drug-likeness (QED) is 0.873. The van der Waals surface area contributed by atoms with Crippen LogP contribution in [-0.2, 0) is 6.54 Å². The van der Waals surface area contributed by atoms with E-state index in [0.29, 0.717) is 12.1 Å². The highest BCUT2D eigenvalue weighted by molar-refractivity contribution is 6.06. The second-order valence-corrected chi connectivity index (χ2v) is 5.34. The molecular weight excluding hydrogens is 267 g/mol. The van der Waals surface area contributed by atoms with E-state index < -0.39 is 5.82 Å². The standard InChI is InChI=1S/C17H17FN2O/c1-12-11-20(16-8-3-2-5-14(16)10-19-12)17(21)13-6-4-7-15(18)9-13/h2-9,12,19H,10-11H2,1H3. The van der Waals surface area contributed by atoms with E-state index in [4.69, 9.17) is 0 Å². The van der Waals surface area contributed by atoms with Crippen molar-refractivity contribution >= 4 is 11.6 Å². The van der Waals surface area contributed by atoms with E-state index in [1.165, 1.54) is 12.1 Å². The van der Waals surface area contributed by atoms with Crippen LogP contribution in [0, 0.1) is 5.82 Å². The van der Waals surface area contributed by atoms with E-state index in [2.05, 4.69) is 5.32 Å². The van der Waals surface area contributed by atoms with E-state index in [1.807, 2.05) is 31.2 Å². The fourth-order valence-electron chi connectivity index (χ4n) is 2.61. The topological polar surface area (TPSA) is 32.3 Å². The van der Waals surface area contributed by atoms with E-state index >= 15 is 0 Å². The molecule has 1 heterocycles. The molecule has 1 aliphatic heterocycles. The van der Waals surface area contributed by atoms with Gasteiger partial charge in [-0.2, -0.15) is 0 Å². The molecular formula is C17H17FN2O. The first kappa shape index (κ1) is 13.8. The van der Waals surface area contributed by atoms with Gasteiger partial charge in [0.05, 0.1) is 0 Å². The second kappa shape index (κ2) is 5.66. The third kappa shape index (κ3) is 2.81. The number of carbonyl (C=O) groups is 1. The number of hydrogen-bond acceptors (Lipinski definition) is 2. The van der Waals surface area contributed by atoms with Crippen LogP contribution in [0.3, 0.4) is 0 Å². The maximum absolute atomic E-state index is 13.4. The van der Waals surface area contributed by atoms with Crippen LogP contribution in [0.1, 0.15) is 22.8 Å². The summed E-state index contributed by atoms with van der Waals surface area (Å²) in [6, 6.07) is 13.8. The van der Waals surface area contributed by atoms with Crippen LogP contribution in [0.5, 0.6) is 0 Å². The molecule has 1 aliphatic rings. The van der Waals surface area contributed by atoms with Crippen molar-refractivity contribution in [3.8, 4) is 0 Å². The van der Waals surface area contributed by atoms with Gasteiger partial charge in [-0.25, -0.2) is 4.39 Å². The number of amides is 1. The SMILES string of the molecule is CC1CN(C(=O)c2cccc(F)c2)c2ccccc2CN1. The van der Waals surface area contributed by atoms with Crippen molar-refractivity contribution in [2.24, 2.45) is 0 Å². The molecule has 0 spiro atoms. The lowest BCUT2D eigenvalue weighted by Crippen LogP contribution is -2.39. The molecule has 0 fully saturated rings. The van der Waals surface area contributed by atoms with Gasteiger partial charge in [-0.3, -0.25) is 4.79 Å². The van der Waals surface area contributed by atoms with Crippen LogP contribution in [0.25, 0.3) is 0 Å². The summed E-state index contributed by atoms with van der Waals surface area (Å²) in [5, 5.41) is 3.38. The average molecular weight is 284 g/mol. The summed E-state index contributed by atoms with van der Waals surface area (Å²) >= 11 is 0. The Morgan fingerprint density at radius 2 is 2.05 bits per heavy atom. The van der Waals surface area contributed by atoms with Crippen molar-refractivity contribution in [3.05, 3.63) is 65.5 Å². The molecule has 21 heavy (non-hydrogen) atoms. The lowest BCUT2D eigenvalue weighted by Gasteiger charge is -2.24. The van der Waals surface area contributed by atoms with Gasteiger partial charge in [0.25, 0.3) is 5.91 Å². The molecule has 0 radical (unpaired) electrons. The van der Waals surface area contributed by atoms with Gasteiger partial charge in [0, 0.05) is 30.4 Å². The zero-order chi connectivity index (χ0) is 14.8. The van der Waals surface area contributed by atoms with Gasteiger partial charge in [-0.1, -0.05) is 24.3 Å². The number of hydrogen-bond donors (Lipinski definition) is 1. The average Bonchev–Trinajstić information content (AvgIpc) is 2.66. The van der Waals surface area contributed by atoms with Crippen molar-refractivity contribution < 1.29 is 9.18 Å². The molecule has 2 aromatic carbocycles. The highest BCUT2D eigenvalue weighted by Crippen LogP contribution is 2.25. The van der Waals surface area contributed by atoms with Crippen molar-refractivity contribution in [3.63, 3.8) is 0 Å². The molecule has 1 amide bonds. The predicted molar refractivity (Wildman–Crippen MR) is 80.8 cm³/mol. The van der Waals surface area contributed by atoms with E-state index in [9.17, 15) is 9.18 Å². The summed E-state index contributed by atoms with van der Waals surface area (Å²) in [6.45, 7) is 3.33. The lowest BCUT2D eigenvalue weighted by atomic mass is 10.1. The summed E-state index contributed by atoms with van der Waals surface area (Å²) in [5.74, 6) is -0.562. The normalized spacial score (nSPS) is 18.0. The highest BCUT2D eigenvalue weighted by atomic mass is 19.1. The maximum atomic E-state index is 13.4. The zero-order valence-corrected chi connectivity index (χ0v) is 11.8. The Labute approximate surface area is 123 Å². The monoisotopic (exact) mass is 284 g/mol. The molecule has 0 saturated heterocycles. The van der Waals surface area contributed by atoms with Crippen LogP contribution in [0.15, 0.2) is 48.5 Å². The second-order valence-electron chi connectivity index (χ2n) is 5.34. The fraction of sp³-hybridized carbons (Fsp3) is 0.235. The lowest BCUT2D eigenvalue weighted by molar-refractivity contribution is 0.0985. The number of anilines is 1. The number of benzene rings is 2. The van der Waals surface area contributed by atoms with Gasteiger partial charge in [-0.15, -0.1) is 0 Å². The number of carbonyl (C=O) groups excluding carboxylic acids is 1. The largest absolute Gasteiger partial charge is 0.308 e. The number of nitrogens with zero attached hydrogens (tertiary/aromatic N) is 1. The van der Waals surface area contributed by atoms with Crippen LogP contribution >= 0.6 is 0 Å². The number of halogens is 1. The Morgan fingerprint density at radius 3 is 2.86 bits per heavy atom. The summed E-state index contributed by atoms with van der Waals surface area (Å²) in [4.78, 5) is 14.5. The van der Waals surface area contributed by atoms with Crippen LogP contribution < -0.4 is 10.2 Å². The van der Waals surface area contributed by atoms with Gasteiger partial charge in [0.15, 0.2) is 0 Å². The summed E-state index contributed by atoms with van der Waals surface area (Å²) < 4.78 is 13.4. The third-order valence-corrected chi connectivity index (χ3v) is 3.70. The smallest absolute Gasteiger partial charge is 0.258 e. The number of para-hydroxylation sites is 1. The van der Waals surface area contributed by atoms with Crippen molar-refractivity contribution in [2.75, 3.05) is 11.4 Å². The first-order valence-electron chi connectivity index (χ1n) is 7.04. The molecule has 0 bridgehead atoms. The number of fused-ring (bicyclic) bond motifs is 1. The highest BCUT2D eigenvalue weighted by Gasteiger charge is 2.24. The molecule has 3 nitrogen and oxygen atoms in total. The van der Waals surface area contributed by atoms with Crippen LogP contribution in [0.4, 0.5) is 10.1 Å². The Morgan fingerprint density at radius 1 is 1.24 bits per heavy atom. The minimum Gasteiger partial charge on any atom is -0.308 e. The van der Waals surface area contributed by atoms with Crippen molar-refractivity contribution in [1.82, 2.24) is 5.32 Å². The molecule has 0 aromatic heterocycles. The summed E-state index contributed by atoms with van der Waals surface area (Å²) in [6.07, 6.45) is 0. The van der Waals surface area contributed by atoms with Crippen molar-refractivity contribution in [2.45, 2.75) is 19.5 Å². The molecule has 108 valence electrons. The Kier molecular flexibility index (Phi) is 3.71. The third-order valence-electron chi connectivity index (χ3n) is 3.70. The number of nitrogens with one attached hydrogen (secondary N) is 1. The van der Waals surface area contributed by atoms with Gasteiger partial charge in [-0.05, 0) is 36.8 Å². The molecule has 0 aliphatic carbocycles. The van der Waals surface area contributed by atoms with Crippen molar-refractivity contribution in [1.29, 1.82) is 0 Å². The van der Waals surface area contributed by atoms with Crippen LogP contribution in [-0.4, -0.2) is 18.5 Å². The Bertz CT molecular complexity index is 671. The molecule has 2 aromatic rings. The minimum absolute atomic E-state index is 0.169. The summed E-state index contributed by atoms with van der Waals surface area (Å²) in [5.41, 5.74) is 2.34. The first-order valence-corrected chi connectivity index (χ1v) is 7.04. The molecule has 1 N–H and O–H groups in total. The Balaban J connectivity index is 2.01. The summed E-state index contributed by atoms with van der Waals surface area (Å²) in [7, 11) is 0. The fourth-order valence-corrected chi connectivity index (χ4v) is 2.61. The Hall–Kier alpha value is -2.20. The molecule has 0 saturated carbocycles. The van der Waals surface area contributed by atoms with E-state index in [0.717, 1.165) is 17.8 Å². The van der Waals surface area contributed by atoms with Gasteiger partial charge in [0.1, 0.15) is 5.82 Å². The minimum atomic E-state index is -0.393. The molecule has 1 unspecified atom stereocenters.